The number of carbonyl (C=O) groups excluding carboxylic acids is 1. The number of thiazole rings is 1. The smallest absolute Gasteiger partial charge is 0.262 e. The van der Waals surface area contributed by atoms with Crippen molar-refractivity contribution in [2.24, 2.45) is 5.10 Å². The van der Waals surface area contributed by atoms with E-state index in [9.17, 15) is 4.79 Å². The molecule has 8 heteroatoms. The summed E-state index contributed by atoms with van der Waals surface area (Å²) in [6, 6.07) is 8.85. The Morgan fingerprint density at radius 3 is 2.64 bits per heavy atom. The Labute approximate surface area is 172 Å². The molecule has 0 aliphatic rings. The molecule has 1 heterocycles. The minimum Gasteiger partial charge on any atom is -0.484 e. The van der Waals surface area contributed by atoms with Gasteiger partial charge in [-0.3, -0.25) is 10.2 Å². The van der Waals surface area contributed by atoms with Gasteiger partial charge in [0.25, 0.3) is 5.91 Å². The van der Waals surface area contributed by atoms with Crippen molar-refractivity contribution in [3.63, 3.8) is 0 Å². The number of benzene rings is 2. The highest BCUT2D eigenvalue weighted by Crippen LogP contribution is 2.35. The van der Waals surface area contributed by atoms with Crippen LogP contribution in [0.1, 0.15) is 25.0 Å². The van der Waals surface area contributed by atoms with E-state index >= 15 is 0 Å². The molecule has 0 atom stereocenters. The highest BCUT2D eigenvalue weighted by molar-refractivity contribution is 7.22. The predicted octanol–water partition coefficient (Wildman–Crippen LogP) is 5.39. The summed E-state index contributed by atoms with van der Waals surface area (Å²) in [5.74, 6) is 0.364. The maximum Gasteiger partial charge on any atom is 0.262 e. The van der Waals surface area contributed by atoms with Crippen molar-refractivity contribution in [2.75, 3.05) is 17.3 Å². The fourth-order valence-corrected chi connectivity index (χ4v) is 3.66. The van der Waals surface area contributed by atoms with Crippen LogP contribution in [0, 0.1) is 13.8 Å². The zero-order chi connectivity index (χ0) is 20.3. The summed E-state index contributed by atoms with van der Waals surface area (Å²) in [6.07, 6.45) is 0. The van der Waals surface area contributed by atoms with Crippen LogP contribution >= 0.6 is 22.9 Å². The lowest BCUT2D eigenvalue weighted by Gasteiger charge is -2.13. The van der Waals surface area contributed by atoms with Crippen LogP contribution in [0.5, 0.6) is 5.75 Å². The first kappa shape index (κ1) is 20.1. The third-order valence-corrected chi connectivity index (χ3v) is 5.29. The lowest BCUT2D eigenvalue weighted by molar-refractivity contribution is -0.118. The molecule has 28 heavy (non-hydrogen) atoms. The number of aryl methyl sites for hydroxylation is 2. The number of fused-ring (bicyclic) bond motifs is 1. The molecule has 1 amide bonds. The van der Waals surface area contributed by atoms with E-state index in [4.69, 9.17) is 16.3 Å². The van der Waals surface area contributed by atoms with Crippen LogP contribution in [0.15, 0.2) is 35.4 Å². The van der Waals surface area contributed by atoms with E-state index in [1.807, 2.05) is 33.8 Å². The Morgan fingerprint density at radius 2 is 1.96 bits per heavy atom. The Bertz CT molecular complexity index is 1040. The van der Waals surface area contributed by atoms with Crippen LogP contribution in [0.4, 0.5) is 10.8 Å². The summed E-state index contributed by atoms with van der Waals surface area (Å²) in [5, 5.41) is 8.48. The van der Waals surface area contributed by atoms with Gasteiger partial charge in [0.2, 0.25) is 5.13 Å². The molecule has 146 valence electrons. The van der Waals surface area contributed by atoms with E-state index in [2.05, 4.69) is 20.8 Å². The average molecular weight is 417 g/mol. The van der Waals surface area contributed by atoms with E-state index in [-0.39, 0.29) is 12.5 Å². The lowest BCUT2D eigenvalue weighted by Crippen LogP contribution is -2.21. The van der Waals surface area contributed by atoms with Crippen molar-refractivity contribution < 1.29 is 9.53 Å². The number of hydrogen-bond acceptors (Lipinski definition) is 6. The molecular formula is C20H21ClN4O2S. The highest BCUT2D eigenvalue weighted by Gasteiger charge is 2.15. The van der Waals surface area contributed by atoms with Gasteiger partial charge in [0, 0.05) is 16.4 Å². The molecule has 3 rings (SSSR count). The largest absolute Gasteiger partial charge is 0.484 e. The molecule has 1 aromatic heterocycles. The minimum atomic E-state index is -0.227. The quantitative estimate of drug-likeness (QED) is 0.417. The molecule has 0 unspecified atom stereocenters. The maximum atomic E-state index is 12.4. The number of amides is 1. The number of hydrogen-bond donors (Lipinski definition) is 2. The monoisotopic (exact) mass is 416 g/mol. The minimum absolute atomic E-state index is 0.0848. The molecule has 2 aromatic carbocycles. The van der Waals surface area contributed by atoms with E-state index in [1.165, 1.54) is 11.3 Å². The number of carbonyl (C=O) groups is 1. The Morgan fingerprint density at radius 1 is 1.25 bits per heavy atom. The Balaban J connectivity index is 1.75. The zero-order valence-corrected chi connectivity index (χ0v) is 17.7. The van der Waals surface area contributed by atoms with E-state index < -0.39 is 0 Å². The van der Waals surface area contributed by atoms with Crippen LogP contribution < -0.4 is 15.5 Å². The number of halogens is 1. The normalized spacial score (nSPS) is 10.6. The Hall–Kier alpha value is -2.64. The molecule has 0 fully saturated rings. The highest BCUT2D eigenvalue weighted by atomic mass is 35.5. The van der Waals surface area contributed by atoms with Crippen LogP contribution in [-0.4, -0.2) is 23.2 Å². The summed E-state index contributed by atoms with van der Waals surface area (Å²) < 4.78 is 6.52. The summed E-state index contributed by atoms with van der Waals surface area (Å²) in [7, 11) is 0. The Kier molecular flexibility index (Phi) is 6.16. The number of rotatable bonds is 6. The summed E-state index contributed by atoms with van der Waals surface area (Å²) in [6.45, 7) is 7.66. The van der Waals surface area contributed by atoms with E-state index in [0.29, 0.717) is 15.9 Å². The third-order valence-electron chi connectivity index (χ3n) is 3.94. The first-order chi connectivity index (χ1) is 13.3. The summed E-state index contributed by atoms with van der Waals surface area (Å²) >= 11 is 7.35. The first-order valence-corrected chi connectivity index (χ1v) is 9.89. The number of aromatic nitrogens is 1. The van der Waals surface area contributed by atoms with E-state index in [0.717, 1.165) is 32.7 Å². The molecule has 2 N–H and O–H groups in total. The second-order valence-corrected chi connectivity index (χ2v) is 7.96. The second kappa shape index (κ2) is 8.58. The van der Waals surface area contributed by atoms with Gasteiger partial charge in [-0.05, 0) is 69.2 Å². The van der Waals surface area contributed by atoms with Gasteiger partial charge in [0.05, 0.1) is 10.2 Å². The van der Waals surface area contributed by atoms with Gasteiger partial charge in [-0.2, -0.15) is 5.10 Å². The number of nitrogens with zero attached hydrogens (tertiary/aromatic N) is 2. The zero-order valence-electron chi connectivity index (χ0n) is 16.1. The molecule has 0 aliphatic heterocycles. The standard InChI is InChI=1S/C20H21ClN4O2S/c1-11(2)24-25-20-22-16-9-12(3)18(13(4)19(16)28-20)23-17(26)10-27-15-7-5-14(21)6-8-15/h5-9H,10H2,1-4H3,(H,22,25)(H,23,26). The van der Waals surface area contributed by atoms with Crippen LogP contribution in [0.25, 0.3) is 10.2 Å². The molecule has 0 saturated heterocycles. The van der Waals surface area contributed by atoms with Gasteiger partial charge in [-0.15, -0.1) is 0 Å². The van der Waals surface area contributed by atoms with Gasteiger partial charge in [-0.1, -0.05) is 22.9 Å². The molecule has 0 radical (unpaired) electrons. The molecule has 0 aliphatic carbocycles. The number of ether oxygens (including phenoxy) is 1. The SMILES string of the molecule is CC(C)=NNc1nc2cc(C)c(NC(=O)COc3ccc(Cl)cc3)c(C)c2s1. The van der Waals surface area contributed by atoms with Crippen molar-refractivity contribution in [3.8, 4) is 5.75 Å². The molecule has 3 aromatic rings. The van der Waals surface area contributed by atoms with E-state index in [1.54, 1.807) is 24.3 Å². The van der Waals surface area contributed by atoms with Crippen molar-refractivity contribution in [1.82, 2.24) is 4.98 Å². The van der Waals surface area contributed by atoms with Crippen LogP contribution in [0.3, 0.4) is 0 Å². The fraction of sp³-hybridized carbons (Fsp3) is 0.250. The average Bonchev–Trinajstić information content (AvgIpc) is 3.06. The van der Waals surface area contributed by atoms with Gasteiger partial charge >= 0.3 is 0 Å². The molecular weight excluding hydrogens is 396 g/mol. The second-order valence-electron chi connectivity index (χ2n) is 6.52. The van der Waals surface area contributed by atoms with Crippen LogP contribution in [-0.2, 0) is 4.79 Å². The summed E-state index contributed by atoms with van der Waals surface area (Å²) in [5.41, 5.74) is 7.45. The maximum absolute atomic E-state index is 12.4. The first-order valence-electron chi connectivity index (χ1n) is 8.69. The third kappa shape index (κ3) is 4.79. The molecule has 6 nitrogen and oxygen atoms in total. The number of anilines is 2. The van der Waals surface area contributed by atoms with Gasteiger partial charge < -0.3 is 10.1 Å². The van der Waals surface area contributed by atoms with Gasteiger partial charge in [-0.25, -0.2) is 4.98 Å². The topological polar surface area (TPSA) is 75.6 Å². The van der Waals surface area contributed by atoms with Crippen LogP contribution in [0.2, 0.25) is 5.02 Å². The van der Waals surface area contributed by atoms with Gasteiger partial charge in [0.15, 0.2) is 6.61 Å². The predicted molar refractivity (Wildman–Crippen MR) is 117 cm³/mol. The van der Waals surface area contributed by atoms with Crippen molar-refractivity contribution in [2.45, 2.75) is 27.7 Å². The molecule has 0 bridgehead atoms. The van der Waals surface area contributed by atoms with Crippen molar-refractivity contribution in [3.05, 3.63) is 46.5 Å². The summed E-state index contributed by atoms with van der Waals surface area (Å²) in [4.78, 5) is 16.9. The van der Waals surface area contributed by atoms with Gasteiger partial charge in [0.1, 0.15) is 5.75 Å². The molecule has 0 saturated carbocycles. The van der Waals surface area contributed by atoms with Crippen molar-refractivity contribution in [1.29, 1.82) is 0 Å². The number of nitrogens with one attached hydrogen (secondary N) is 2. The molecule has 0 spiro atoms. The van der Waals surface area contributed by atoms with Crippen molar-refractivity contribution >= 4 is 55.6 Å². The fourth-order valence-electron chi connectivity index (χ4n) is 2.64. The lowest BCUT2D eigenvalue weighted by atomic mass is 10.1. The number of hydrazone groups is 1.